The fraction of sp³-hybridized carbons (Fsp3) is 0.333. The van der Waals surface area contributed by atoms with Crippen molar-refractivity contribution in [2.24, 2.45) is 5.92 Å². The summed E-state index contributed by atoms with van der Waals surface area (Å²) in [5, 5.41) is 3.99. The number of rotatable bonds is 9. The van der Waals surface area contributed by atoms with Gasteiger partial charge in [0.25, 0.3) is 5.91 Å². The molecule has 152 valence electrons. The average Bonchev–Trinajstić information content (AvgIpc) is 3.16. The van der Waals surface area contributed by atoms with Gasteiger partial charge in [-0.05, 0) is 29.5 Å². The highest BCUT2D eigenvalue weighted by molar-refractivity contribution is 5.84. The molecule has 1 heterocycles. The summed E-state index contributed by atoms with van der Waals surface area (Å²) in [6.45, 7) is 4.31. The molecule has 2 N–H and O–H groups in total. The highest BCUT2D eigenvalue weighted by atomic mass is 16.5. The van der Waals surface area contributed by atoms with Crippen LogP contribution in [-0.4, -0.2) is 30.0 Å². The first kappa shape index (κ1) is 20.6. The summed E-state index contributed by atoms with van der Waals surface area (Å²) in [4.78, 5) is 28.0. The Labute approximate surface area is 171 Å². The molecule has 2 aromatic carbocycles. The van der Waals surface area contributed by atoms with Crippen molar-refractivity contribution in [1.29, 1.82) is 0 Å². The topological polar surface area (TPSA) is 71.2 Å². The Morgan fingerprint density at radius 1 is 1.07 bits per heavy atom. The molecular formula is C24H28N2O3. The van der Waals surface area contributed by atoms with Crippen LogP contribution in [0.4, 0.5) is 0 Å². The standard InChI is InChI=1S/C24H28N2O3/c1-3-17(2)23(18-9-5-4-6-10-18)24(28)29-16-22(27)25-14-13-19-15-26-21-12-8-7-11-20(19)21/h4-12,15,17,23,26H,3,13-14,16H2,1-2H3,(H,25,27)/t17-,23+/m0/s1. The van der Waals surface area contributed by atoms with Gasteiger partial charge in [-0.1, -0.05) is 68.8 Å². The van der Waals surface area contributed by atoms with E-state index < -0.39 is 0 Å². The quantitative estimate of drug-likeness (QED) is 0.536. The molecule has 0 bridgehead atoms. The summed E-state index contributed by atoms with van der Waals surface area (Å²) >= 11 is 0. The van der Waals surface area contributed by atoms with Crippen LogP contribution < -0.4 is 5.32 Å². The Balaban J connectivity index is 1.49. The molecule has 0 aliphatic heterocycles. The molecule has 0 unspecified atom stereocenters. The van der Waals surface area contributed by atoms with Crippen LogP contribution in [0.25, 0.3) is 10.9 Å². The highest BCUT2D eigenvalue weighted by Crippen LogP contribution is 2.28. The third-order valence-corrected chi connectivity index (χ3v) is 5.36. The van der Waals surface area contributed by atoms with E-state index in [9.17, 15) is 9.59 Å². The van der Waals surface area contributed by atoms with Gasteiger partial charge in [-0.25, -0.2) is 0 Å². The van der Waals surface area contributed by atoms with E-state index in [4.69, 9.17) is 4.74 Å². The molecule has 0 fully saturated rings. The van der Waals surface area contributed by atoms with Gasteiger partial charge >= 0.3 is 5.97 Å². The lowest BCUT2D eigenvalue weighted by Gasteiger charge is -2.21. The normalized spacial score (nSPS) is 13.0. The van der Waals surface area contributed by atoms with Gasteiger partial charge in [-0.2, -0.15) is 0 Å². The van der Waals surface area contributed by atoms with Crippen molar-refractivity contribution >= 4 is 22.8 Å². The first-order chi connectivity index (χ1) is 14.1. The number of carbonyl (C=O) groups is 2. The third kappa shape index (κ3) is 5.25. The molecule has 0 saturated carbocycles. The number of fused-ring (bicyclic) bond motifs is 1. The lowest BCUT2D eigenvalue weighted by molar-refractivity contribution is -0.151. The third-order valence-electron chi connectivity index (χ3n) is 5.36. The Morgan fingerprint density at radius 2 is 1.79 bits per heavy atom. The van der Waals surface area contributed by atoms with Crippen molar-refractivity contribution in [3.63, 3.8) is 0 Å². The average molecular weight is 392 g/mol. The molecule has 1 amide bonds. The molecule has 1 aromatic heterocycles. The first-order valence-electron chi connectivity index (χ1n) is 10.1. The van der Waals surface area contributed by atoms with E-state index in [2.05, 4.69) is 16.4 Å². The van der Waals surface area contributed by atoms with Gasteiger partial charge in [0.15, 0.2) is 6.61 Å². The number of ether oxygens (including phenoxy) is 1. The number of hydrogen-bond acceptors (Lipinski definition) is 3. The van der Waals surface area contributed by atoms with Gasteiger partial charge < -0.3 is 15.0 Å². The van der Waals surface area contributed by atoms with E-state index in [1.807, 2.05) is 68.6 Å². The van der Waals surface area contributed by atoms with Crippen molar-refractivity contribution in [2.45, 2.75) is 32.6 Å². The Kier molecular flexibility index (Phi) is 7.06. The van der Waals surface area contributed by atoms with Crippen molar-refractivity contribution in [1.82, 2.24) is 10.3 Å². The second-order valence-electron chi connectivity index (χ2n) is 7.34. The lowest BCUT2D eigenvalue weighted by atomic mass is 9.86. The molecule has 5 nitrogen and oxygen atoms in total. The molecule has 3 aromatic rings. The summed E-state index contributed by atoms with van der Waals surface area (Å²) in [5.74, 6) is -0.860. The van der Waals surface area contributed by atoms with E-state index in [1.165, 1.54) is 0 Å². The lowest BCUT2D eigenvalue weighted by Crippen LogP contribution is -2.32. The number of H-pyrrole nitrogens is 1. The maximum Gasteiger partial charge on any atom is 0.314 e. The highest BCUT2D eigenvalue weighted by Gasteiger charge is 2.27. The maximum absolute atomic E-state index is 12.6. The minimum absolute atomic E-state index is 0.134. The first-order valence-corrected chi connectivity index (χ1v) is 10.1. The second-order valence-corrected chi connectivity index (χ2v) is 7.34. The number of aromatic amines is 1. The summed E-state index contributed by atoms with van der Waals surface area (Å²) < 4.78 is 5.34. The van der Waals surface area contributed by atoms with Crippen molar-refractivity contribution in [2.75, 3.05) is 13.2 Å². The van der Waals surface area contributed by atoms with E-state index in [0.717, 1.165) is 28.5 Å². The fourth-order valence-electron chi connectivity index (χ4n) is 3.55. The molecule has 0 aliphatic carbocycles. The van der Waals surface area contributed by atoms with E-state index in [-0.39, 0.29) is 30.3 Å². The van der Waals surface area contributed by atoms with Crippen LogP contribution in [0.5, 0.6) is 0 Å². The van der Waals surface area contributed by atoms with Crippen LogP contribution in [0.3, 0.4) is 0 Å². The van der Waals surface area contributed by atoms with Crippen molar-refractivity contribution in [3.05, 3.63) is 71.9 Å². The smallest absolute Gasteiger partial charge is 0.314 e. The van der Waals surface area contributed by atoms with E-state index in [0.29, 0.717) is 13.0 Å². The van der Waals surface area contributed by atoms with Gasteiger partial charge in [0.2, 0.25) is 0 Å². The zero-order valence-electron chi connectivity index (χ0n) is 17.0. The molecule has 0 radical (unpaired) electrons. The van der Waals surface area contributed by atoms with Gasteiger partial charge in [-0.15, -0.1) is 0 Å². The predicted molar refractivity (Wildman–Crippen MR) is 115 cm³/mol. The number of aromatic nitrogens is 1. The molecule has 0 spiro atoms. The van der Waals surface area contributed by atoms with Crippen LogP contribution in [0.2, 0.25) is 0 Å². The summed E-state index contributed by atoms with van der Waals surface area (Å²) in [7, 11) is 0. The fourth-order valence-corrected chi connectivity index (χ4v) is 3.55. The minimum Gasteiger partial charge on any atom is -0.455 e. The number of esters is 1. The zero-order chi connectivity index (χ0) is 20.6. The van der Waals surface area contributed by atoms with Gasteiger partial charge in [0.1, 0.15) is 0 Å². The number of benzene rings is 2. The minimum atomic E-state index is -0.361. The summed E-state index contributed by atoms with van der Waals surface area (Å²) in [6, 6.07) is 17.7. The molecular weight excluding hydrogens is 364 g/mol. The van der Waals surface area contributed by atoms with Gasteiger partial charge in [0.05, 0.1) is 5.92 Å². The van der Waals surface area contributed by atoms with E-state index in [1.54, 1.807) is 0 Å². The number of hydrogen-bond donors (Lipinski definition) is 2. The van der Waals surface area contributed by atoms with E-state index >= 15 is 0 Å². The second kappa shape index (κ2) is 9.92. The van der Waals surface area contributed by atoms with Crippen LogP contribution >= 0.6 is 0 Å². The number of amides is 1. The molecule has 2 atom stereocenters. The molecule has 3 rings (SSSR count). The summed E-state index contributed by atoms with van der Waals surface area (Å²) in [6.07, 6.45) is 3.53. The Hall–Kier alpha value is -3.08. The molecule has 29 heavy (non-hydrogen) atoms. The largest absolute Gasteiger partial charge is 0.455 e. The Bertz CT molecular complexity index is 949. The number of para-hydroxylation sites is 1. The van der Waals surface area contributed by atoms with Gasteiger partial charge in [-0.3, -0.25) is 9.59 Å². The van der Waals surface area contributed by atoms with Crippen molar-refractivity contribution < 1.29 is 14.3 Å². The molecule has 0 saturated heterocycles. The molecule has 5 heteroatoms. The van der Waals surface area contributed by atoms with Crippen LogP contribution in [0, 0.1) is 5.92 Å². The van der Waals surface area contributed by atoms with Crippen LogP contribution in [0.1, 0.15) is 37.3 Å². The monoisotopic (exact) mass is 392 g/mol. The summed E-state index contributed by atoms with van der Waals surface area (Å²) in [5.41, 5.74) is 3.16. The maximum atomic E-state index is 12.6. The predicted octanol–water partition coefficient (Wildman–Crippen LogP) is 4.20. The Morgan fingerprint density at radius 3 is 2.55 bits per heavy atom. The van der Waals surface area contributed by atoms with Gasteiger partial charge in [0, 0.05) is 23.6 Å². The number of nitrogens with one attached hydrogen (secondary N) is 2. The zero-order valence-corrected chi connectivity index (χ0v) is 17.0. The molecule has 0 aliphatic rings. The van der Waals surface area contributed by atoms with Crippen LogP contribution in [-0.2, 0) is 20.7 Å². The van der Waals surface area contributed by atoms with Crippen LogP contribution in [0.15, 0.2) is 60.8 Å². The van der Waals surface area contributed by atoms with Crippen molar-refractivity contribution in [3.8, 4) is 0 Å². The SMILES string of the molecule is CC[C@H](C)[C@@H](C(=O)OCC(=O)NCCc1c[nH]c2ccccc12)c1ccccc1. The number of carbonyl (C=O) groups excluding carboxylic acids is 2.